The molecule has 2 aromatic heterocycles. The molecule has 0 amide bonds. The van der Waals surface area contributed by atoms with Crippen molar-refractivity contribution in [1.82, 2.24) is 9.97 Å². The summed E-state index contributed by atoms with van der Waals surface area (Å²) in [6.07, 6.45) is 3.62. The molecule has 0 spiro atoms. The van der Waals surface area contributed by atoms with Gasteiger partial charge in [-0.2, -0.15) is 8.42 Å². The van der Waals surface area contributed by atoms with Crippen LogP contribution in [0.1, 0.15) is 7.43 Å². The molecule has 136 valence electrons. The fourth-order valence-electron chi connectivity index (χ4n) is 2.03. The number of pyridine rings is 2. The average molecular weight is 372 g/mol. The average Bonchev–Trinajstić information content (AvgIpc) is 2.61. The van der Waals surface area contributed by atoms with E-state index in [1.165, 1.54) is 10.8 Å². The Labute approximate surface area is 152 Å². The van der Waals surface area contributed by atoms with E-state index in [0.717, 1.165) is 11.0 Å². The molecule has 0 aliphatic carbocycles. The van der Waals surface area contributed by atoms with Crippen LogP contribution in [0, 0.1) is 0 Å². The van der Waals surface area contributed by atoms with Crippen molar-refractivity contribution in [3.8, 4) is 0 Å². The van der Waals surface area contributed by atoms with Crippen molar-refractivity contribution >= 4 is 32.2 Å². The zero-order valence-corrected chi connectivity index (χ0v) is 13.9. The van der Waals surface area contributed by atoms with Gasteiger partial charge in [0.1, 0.15) is 0 Å². The highest BCUT2D eigenvalue weighted by Gasteiger charge is 1.87. The molecule has 0 bridgehead atoms. The summed E-state index contributed by atoms with van der Waals surface area (Å²) in [6.45, 7) is 0. The van der Waals surface area contributed by atoms with E-state index >= 15 is 0 Å². The molecular formula is C19H20N2O4S. The van der Waals surface area contributed by atoms with Gasteiger partial charge in [0.2, 0.25) is 0 Å². The van der Waals surface area contributed by atoms with Crippen LogP contribution < -0.4 is 0 Å². The van der Waals surface area contributed by atoms with Crippen molar-refractivity contribution in [1.29, 1.82) is 0 Å². The molecule has 0 aliphatic rings. The topological polar surface area (TPSA) is 100 Å². The summed E-state index contributed by atoms with van der Waals surface area (Å²) in [5, 5.41) is 2.40. The van der Waals surface area contributed by atoms with E-state index in [1.807, 2.05) is 60.9 Å². The van der Waals surface area contributed by atoms with Crippen LogP contribution in [-0.4, -0.2) is 27.5 Å². The number of para-hydroxylation sites is 2. The van der Waals surface area contributed by atoms with Crippen LogP contribution >= 0.6 is 0 Å². The molecule has 4 aromatic rings. The fraction of sp³-hybridized carbons (Fsp3) is 0.0526. The lowest BCUT2D eigenvalue weighted by Crippen LogP contribution is -1.89. The normalized spacial score (nSPS) is 9.92. The molecule has 0 saturated heterocycles. The maximum absolute atomic E-state index is 8.74. The first-order valence-corrected chi connectivity index (χ1v) is 8.62. The van der Waals surface area contributed by atoms with Gasteiger partial charge in [0.25, 0.3) is 0 Å². The largest absolute Gasteiger partial charge is 0.394 e. The molecular weight excluding hydrogens is 352 g/mol. The molecule has 4 rings (SSSR count). The van der Waals surface area contributed by atoms with Crippen LogP contribution in [-0.2, 0) is 10.4 Å². The smallest absolute Gasteiger partial charge is 0.264 e. The van der Waals surface area contributed by atoms with Crippen LogP contribution in [0.4, 0.5) is 0 Å². The van der Waals surface area contributed by atoms with Gasteiger partial charge in [0.05, 0.1) is 11.0 Å². The standard InChI is InChI=1S/2C9H7N.CH4.H2O4S/c2*1-2-6-9-8(4-1)5-3-7-10-9;;1-5(2,3)4/h2*1-7H;1H4;(H2,1,2,3,4). The van der Waals surface area contributed by atoms with Gasteiger partial charge in [-0.1, -0.05) is 56.0 Å². The molecule has 0 unspecified atom stereocenters. The maximum Gasteiger partial charge on any atom is 0.394 e. The third-order valence-corrected chi connectivity index (χ3v) is 3.02. The summed E-state index contributed by atoms with van der Waals surface area (Å²) < 4.78 is 31.6. The zero-order chi connectivity index (χ0) is 18.1. The van der Waals surface area contributed by atoms with E-state index in [1.54, 1.807) is 0 Å². The summed E-state index contributed by atoms with van der Waals surface area (Å²) in [4.78, 5) is 8.36. The Morgan fingerprint density at radius 2 is 0.923 bits per heavy atom. The van der Waals surface area contributed by atoms with Crippen molar-refractivity contribution < 1.29 is 17.5 Å². The Kier molecular flexibility index (Phi) is 8.30. The number of aromatic nitrogens is 2. The zero-order valence-electron chi connectivity index (χ0n) is 13.1. The summed E-state index contributed by atoms with van der Waals surface area (Å²) in [6, 6.07) is 24.2. The lowest BCUT2D eigenvalue weighted by Gasteiger charge is -1.91. The highest BCUT2D eigenvalue weighted by Crippen LogP contribution is 2.08. The molecule has 6 nitrogen and oxygen atoms in total. The molecule has 0 aliphatic heterocycles. The number of hydrogen-bond acceptors (Lipinski definition) is 4. The first-order valence-electron chi connectivity index (χ1n) is 7.23. The van der Waals surface area contributed by atoms with E-state index in [2.05, 4.69) is 34.2 Å². The predicted octanol–water partition coefficient (Wildman–Crippen LogP) is 4.45. The van der Waals surface area contributed by atoms with E-state index in [-0.39, 0.29) is 7.43 Å². The molecule has 2 heterocycles. The van der Waals surface area contributed by atoms with Crippen molar-refractivity contribution in [2.24, 2.45) is 0 Å². The lowest BCUT2D eigenvalue weighted by atomic mass is 10.2. The van der Waals surface area contributed by atoms with E-state index in [4.69, 9.17) is 17.5 Å². The highest BCUT2D eigenvalue weighted by molar-refractivity contribution is 7.79. The maximum atomic E-state index is 8.74. The molecule has 7 heteroatoms. The molecule has 0 saturated carbocycles. The first kappa shape index (κ1) is 21.2. The van der Waals surface area contributed by atoms with Gasteiger partial charge in [-0.15, -0.1) is 0 Å². The van der Waals surface area contributed by atoms with E-state index in [0.29, 0.717) is 0 Å². The third kappa shape index (κ3) is 7.80. The van der Waals surface area contributed by atoms with Gasteiger partial charge in [0.15, 0.2) is 0 Å². The van der Waals surface area contributed by atoms with E-state index in [9.17, 15) is 0 Å². The number of fused-ring (bicyclic) bond motifs is 2. The first-order chi connectivity index (χ1) is 11.9. The van der Waals surface area contributed by atoms with Gasteiger partial charge >= 0.3 is 10.4 Å². The molecule has 0 atom stereocenters. The third-order valence-electron chi connectivity index (χ3n) is 3.02. The molecule has 2 N–H and O–H groups in total. The summed E-state index contributed by atoms with van der Waals surface area (Å²) in [5.41, 5.74) is 2.12. The van der Waals surface area contributed by atoms with Gasteiger partial charge in [0, 0.05) is 23.2 Å². The Balaban J connectivity index is 0.000000204. The quantitative estimate of drug-likeness (QED) is 0.442. The molecule has 2 aromatic carbocycles. The van der Waals surface area contributed by atoms with Crippen molar-refractivity contribution in [2.45, 2.75) is 7.43 Å². The number of nitrogens with zero attached hydrogens (tertiary/aromatic N) is 2. The fourth-order valence-corrected chi connectivity index (χ4v) is 2.03. The summed E-state index contributed by atoms with van der Waals surface area (Å²) >= 11 is 0. The van der Waals surface area contributed by atoms with Gasteiger partial charge < -0.3 is 0 Å². The van der Waals surface area contributed by atoms with Crippen LogP contribution in [0.2, 0.25) is 0 Å². The number of rotatable bonds is 0. The molecule has 0 fully saturated rings. The minimum absolute atomic E-state index is 0. The summed E-state index contributed by atoms with van der Waals surface area (Å²) in [5.74, 6) is 0. The highest BCUT2D eigenvalue weighted by atomic mass is 32.3. The number of hydrogen-bond donors (Lipinski definition) is 2. The van der Waals surface area contributed by atoms with Crippen molar-refractivity contribution in [3.05, 3.63) is 85.2 Å². The van der Waals surface area contributed by atoms with Crippen LogP contribution in [0.5, 0.6) is 0 Å². The molecule has 0 radical (unpaired) electrons. The van der Waals surface area contributed by atoms with E-state index < -0.39 is 10.4 Å². The van der Waals surface area contributed by atoms with Crippen LogP contribution in [0.3, 0.4) is 0 Å². The number of benzene rings is 2. The predicted molar refractivity (Wildman–Crippen MR) is 104 cm³/mol. The Bertz CT molecular complexity index is 843. The Morgan fingerprint density at radius 1 is 0.615 bits per heavy atom. The second-order valence-electron chi connectivity index (χ2n) is 4.84. The summed E-state index contributed by atoms with van der Waals surface area (Å²) in [7, 11) is -4.67. The second-order valence-corrected chi connectivity index (χ2v) is 5.74. The molecule has 26 heavy (non-hydrogen) atoms. The second kappa shape index (κ2) is 10.2. The van der Waals surface area contributed by atoms with Crippen LogP contribution in [0.15, 0.2) is 85.2 Å². The van der Waals surface area contributed by atoms with Crippen LogP contribution in [0.25, 0.3) is 21.8 Å². The SMILES string of the molecule is C.O=S(=O)(O)O.c1ccc2ncccc2c1.c1ccc2ncccc2c1. The van der Waals surface area contributed by atoms with Gasteiger partial charge in [-0.25, -0.2) is 0 Å². The Hall–Kier alpha value is -2.87. The van der Waals surface area contributed by atoms with Crippen molar-refractivity contribution in [3.63, 3.8) is 0 Å². The lowest BCUT2D eigenvalue weighted by molar-refractivity contribution is 0.381. The van der Waals surface area contributed by atoms with Crippen molar-refractivity contribution in [2.75, 3.05) is 0 Å². The minimum atomic E-state index is -4.67. The minimum Gasteiger partial charge on any atom is -0.264 e. The van der Waals surface area contributed by atoms with Gasteiger partial charge in [-0.05, 0) is 24.3 Å². The Morgan fingerprint density at radius 3 is 1.27 bits per heavy atom. The van der Waals surface area contributed by atoms with Gasteiger partial charge in [-0.3, -0.25) is 19.1 Å². The monoisotopic (exact) mass is 372 g/mol.